The van der Waals surface area contributed by atoms with Crippen LogP contribution >= 0.6 is 35.3 Å². The van der Waals surface area contributed by atoms with Gasteiger partial charge in [-0.3, -0.25) is 4.99 Å². The number of nitrogens with one attached hydrogen (secondary N) is 2. The van der Waals surface area contributed by atoms with Crippen LogP contribution in [-0.4, -0.2) is 50.1 Å². The van der Waals surface area contributed by atoms with E-state index in [0.29, 0.717) is 0 Å². The molecule has 1 atom stereocenters. The maximum absolute atomic E-state index is 4.29. The summed E-state index contributed by atoms with van der Waals surface area (Å²) in [5.74, 6) is 0.924. The zero-order valence-electron chi connectivity index (χ0n) is 15.1. The van der Waals surface area contributed by atoms with Crippen LogP contribution in [0.5, 0.6) is 0 Å². The SMILES string of the molecule is CN=C(NCCCCN1CCCCC1C)NCCc1cccs1.I. The highest BCUT2D eigenvalue weighted by atomic mass is 127. The summed E-state index contributed by atoms with van der Waals surface area (Å²) in [7, 11) is 1.84. The van der Waals surface area contributed by atoms with Crippen molar-refractivity contribution in [3.8, 4) is 0 Å². The van der Waals surface area contributed by atoms with E-state index in [2.05, 4.69) is 45.0 Å². The van der Waals surface area contributed by atoms with Gasteiger partial charge in [0.05, 0.1) is 0 Å². The van der Waals surface area contributed by atoms with Gasteiger partial charge in [-0.25, -0.2) is 0 Å². The van der Waals surface area contributed by atoms with E-state index in [1.807, 2.05) is 18.4 Å². The molecule has 1 fully saturated rings. The normalized spacial score (nSPS) is 18.9. The van der Waals surface area contributed by atoms with Gasteiger partial charge in [0.1, 0.15) is 0 Å². The lowest BCUT2D eigenvalue weighted by Gasteiger charge is -2.33. The van der Waals surface area contributed by atoms with Crippen LogP contribution in [0.25, 0.3) is 0 Å². The Labute approximate surface area is 168 Å². The van der Waals surface area contributed by atoms with Crippen molar-refractivity contribution in [2.75, 3.05) is 33.2 Å². The summed E-state index contributed by atoms with van der Waals surface area (Å²) in [4.78, 5) is 8.36. The summed E-state index contributed by atoms with van der Waals surface area (Å²) in [6.07, 6.45) is 7.69. The topological polar surface area (TPSA) is 39.7 Å². The maximum Gasteiger partial charge on any atom is 0.190 e. The van der Waals surface area contributed by atoms with E-state index in [4.69, 9.17) is 0 Å². The Morgan fingerprint density at radius 2 is 2.12 bits per heavy atom. The summed E-state index contributed by atoms with van der Waals surface area (Å²) in [5, 5.41) is 8.94. The third-order valence-corrected chi connectivity index (χ3v) is 5.51. The minimum Gasteiger partial charge on any atom is -0.356 e. The van der Waals surface area contributed by atoms with Gasteiger partial charge >= 0.3 is 0 Å². The molecule has 1 aromatic heterocycles. The molecule has 0 spiro atoms. The number of guanidine groups is 1. The van der Waals surface area contributed by atoms with Crippen molar-refractivity contribution in [2.24, 2.45) is 4.99 Å². The number of rotatable bonds is 8. The molecule has 0 aromatic carbocycles. The Balaban J connectivity index is 0.00000288. The van der Waals surface area contributed by atoms with Crippen LogP contribution in [0.1, 0.15) is 43.9 Å². The van der Waals surface area contributed by atoms with Crippen LogP contribution in [0, 0.1) is 0 Å². The molecule has 1 unspecified atom stereocenters. The number of nitrogens with zero attached hydrogens (tertiary/aromatic N) is 2. The second-order valence-corrected chi connectivity index (χ2v) is 7.38. The fourth-order valence-electron chi connectivity index (χ4n) is 3.12. The number of hydrogen-bond donors (Lipinski definition) is 2. The smallest absolute Gasteiger partial charge is 0.190 e. The Morgan fingerprint density at radius 3 is 2.83 bits per heavy atom. The van der Waals surface area contributed by atoms with Crippen LogP contribution in [0.15, 0.2) is 22.5 Å². The predicted octanol–water partition coefficient (Wildman–Crippen LogP) is 3.73. The molecule has 2 N–H and O–H groups in total. The Kier molecular flexibility index (Phi) is 11.7. The monoisotopic (exact) mass is 464 g/mol. The van der Waals surface area contributed by atoms with Gasteiger partial charge in [-0.2, -0.15) is 0 Å². The van der Waals surface area contributed by atoms with Crippen molar-refractivity contribution in [1.29, 1.82) is 0 Å². The highest BCUT2D eigenvalue weighted by Gasteiger charge is 2.16. The fourth-order valence-corrected chi connectivity index (χ4v) is 3.82. The summed E-state index contributed by atoms with van der Waals surface area (Å²) in [5.41, 5.74) is 0. The first-order valence-corrected chi connectivity index (χ1v) is 9.88. The highest BCUT2D eigenvalue weighted by molar-refractivity contribution is 14.0. The minimum absolute atomic E-state index is 0. The van der Waals surface area contributed by atoms with E-state index < -0.39 is 0 Å². The molecule has 0 saturated carbocycles. The van der Waals surface area contributed by atoms with Gasteiger partial charge in [0, 0.05) is 31.1 Å². The molecule has 0 bridgehead atoms. The summed E-state index contributed by atoms with van der Waals surface area (Å²) in [6.45, 7) is 6.84. The third kappa shape index (κ3) is 8.16. The second kappa shape index (κ2) is 12.9. The quantitative estimate of drug-likeness (QED) is 0.267. The molecule has 2 heterocycles. The summed E-state index contributed by atoms with van der Waals surface area (Å²) in [6, 6.07) is 5.07. The van der Waals surface area contributed by atoms with Gasteiger partial charge < -0.3 is 15.5 Å². The average Bonchev–Trinajstić information content (AvgIpc) is 3.08. The predicted molar refractivity (Wildman–Crippen MR) is 117 cm³/mol. The van der Waals surface area contributed by atoms with Gasteiger partial charge in [0.25, 0.3) is 0 Å². The van der Waals surface area contributed by atoms with E-state index in [0.717, 1.165) is 31.5 Å². The standard InChI is InChI=1S/C18H32N4S.HI/c1-16-8-3-5-13-22(16)14-6-4-11-20-18(19-2)21-12-10-17-9-7-15-23-17;/h7,9,15-16H,3-6,8,10-14H2,1-2H3,(H2,19,20,21);1H. The van der Waals surface area contributed by atoms with Crippen LogP contribution < -0.4 is 10.6 Å². The van der Waals surface area contributed by atoms with Crippen LogP contribution in [0.4, 0.5) is 0 Å². The molecule has 4 nitrogen and oxygen atoms in total. The van der Waals surface area contributed by atoms with E-state index >= 15 is 0 Å². The van der Waals surface area contributed by atoms with Gasteiger partial charge in [0.15, 0.2) is 5.96 Å². The van der Waals surface area contributed by atoms with Gasteiger partial charge in [0.2, 0.25) is 0 Å². The number of piperidine rings is 1. The molecule has 24 heavy (non-hydrogen) atoms. The van der Waals surface area contributed by atoms with Gasteiger partial charge in [-0.05, 0) is 63.6 Å². The van der Waals surface area contributed by atoms with Crippen molar-refractivity contribution < 1.29 is 0 Å². The zero-order valence-corrected chi connectivity index (χ0v) is 18.2. The number of likely N-dealkylation sites (tertiary alicyclic amines) is 1. The number of unbranched alkanes of at least 4 members (excludes halogenated alkanes) is 1. The van der Waals surface area contributed by atoms with Crippen LogP contribution in [-0.2, 0) is 6.42 Å². The molecule has 1 aliphatic heterocycles. The first kappa shape index (κ1) is 21.7. The highest BCUT2D eigenvalue weighted by Crippen LogP contribution is 2.16. The number of hydrogen-bond acceptors (Lipinski definition) is 3. The molecular weight excluding hydrogens is 431 g/mol. The molecule has 0 amide bonds. The zero-order chi connectivity index (χ0) is 16.3. The lowest BCUT2D eigenvalue weighted by molar-refractivity contribution is 0.158. The first-order chi connectivity index (χ1) is 11.3. The summed E-state index contributed by atoms with van der Waals surface area (Å²) >= 11 is 1.82. The van der Waals surface area contributed by atoms with E-state index in [1.54, 1.807) is 0 Å². The number of halogens is 1. The van der Waals surface area contributed by atoms with Crippen molar-refractivity contribution in [1.82, 2.24) is 15.5 Å². The van der Waals surface area contributed by atoms with E-state index in [1.165, 1.54) is 50.1 Å². The van der Waals surface area contributed by atoms with E-state index in [-0.39, 0.29) is 24.0 Å². The van der Waals surface area contributed by atoms with E-state index in [9.17, 15) is 0 Å². The first-order valence-electron chi connectivity index (χ1n) is 9.00. The largest absolute Gasteiger partial charge is 0.356 e. The molecular formula is C18H33IN4S. The average molecular weight is 464 g/mol. The molecule has 1 aromatic rings. The van der Waals surface area contributed by atoms with Crippen molar-refractivity contribution in [3.05, 3.63) is 22.4 Å². The molecule has 1 saturated heterocycles. The number of aliphatic imine (C=N–C) groups is 1. The van der Waals surface area contributed by atoms with Crippen LogP contribution in [0.3, 0.4) is 0 Å². The van der Waals surface area contributed by atoms with Crippen molar-refractivity contribution in [2.45, 2.75) is 51.5 Å². The van der Waals surface area contributed by atoms with Gasteiger partial charge in [-0.1, -0.05) is 12.5 Å². The Bertz CT molecular complexity index is 450. The molecule has 138 valence electrons. The summed E-state index contributed by atoms with van der Waals surface area (Å²) < 4.78 is 0. The van der Waals surface area contributed by atoms with Crippen LogP contribution in [0.2, 0.25) is 0 Å². The van der Waals surface area contributed by atoms with Crippen molar-refractivity contribution >= 4 is 41.3 Å². The Morgan fingerprint density at radius 1 is 1.29 bits per heavy atom. The lowest BCUT2D eigenvalue weighted by atomic mass is 10.0. The number of thiophene rings is 1. The maximum atomic E-state index is 4.29. The fraction of sp³-hybridized carbons (Fsp3) is 0.722. The lowest BCUT2D eigenvalue weighted by Crippen LogP contribution is -2.40. The molecule has 0 aliphatic carbocycles. The third-order valence-electron chi connectivity index (χ3n) is 4.57. The Hall–Kier alpha value is -0.340. The molecule has 2 rings (SSSR count). The molecule has 0 radical (unpaired) electrons. The molecule has 1 aliphatic rings. The van der Waals surface area contributed by atoms with Gasteiger partial charge in [-0.15, -0.1) is 35.3 Å². The minimum atomic E-state index is 0. The molecule has 6 heteroatoms. The van der Waals surface area contributed by atoms with Crippen molar-refractivity contribution in [3.63, 3.8) is 0 Å². The second-order valence-electron chi connectivity index (χ2n) is 6.34.